The van der Waals surface area contributed by atoms with Crippen LogP contribution in [0.1, 0.15) is 13.3 Å². The van der Waals surface area contributed by atoms with Crippen molar-refractivity contribution in [3.05, 3.63) is 28.8 Å². The lowest BCUT2D eigenvalue weighted by molar-refractivity contribution is 0.174. The third-order valence-electron chi connectivity index (χ3n) is 2.24. The Morgan fingerprint density at radius 3 is 2.56 bits per heavy atom. The molecule has 1 aromatic rings. The summed E-state index contributed by atoms with van der Waals surface area (Å²) in [6, 6.07) is 1.08. The van der Waals surface area contributed by atoms with E-state index in [0.717, 1.165) is 0 Å². The quantitative estimate of drug-likeness (QED) is 0.813. The molecule has 1 aromatic carbocycles. The van der Waals surface area contributed by atoms with Gasteiger partial charge in [0.25, 0.3) is 0 Å². The van der Waals surface area contributed by atoms with Crippen molar-refractivity contribution in [3.8, 4) is 0 Å². The summed E-state index contributed by atoms with van der Waals surface area (Å²) in [5.74, 6) is -2.28. The Morgan fingerprint density at radius 1 is 1.39 bits per heavy atom. The molecule has 0 aliphatic carbocycles. The van der Waals surface area contributed by atoms with E-state index in [9.17, 15) is 22.3 Å². The van der Waals surface area contributed by atoms with Crippen LogP contribution in [-0.4, -0.2) is 26.2 Å². The van der Waals surface area contributed by atoms with Gasteiger partial charge in [0.1, 0.15) is 16.5 Å². The lowest BCUT2D eigenvalue weighted by Crippen LogP contribution is -2.32. The first kappa shape index (κ1) is 15.3. The van der Waals surface area contributed by atoms with Crippen LogP contribution in [0.4, 0.5) is 8.78 Å². The zero-order chi connectivity index (χ0) is 13.9. The Kier molecular flexibility index (Phi) is 5.03. The Bertz CT molecular complexity index is 536. The minimum Gasteiger partial charge on any atom is -0.392 e. The summed E-state index contributed by atoms with van der Waals surface area (Å²) in [6.45, 7) is 1.40. The fourth-order valence-corrected chi connectivity index (χ4v) is 2.52. The minimum absolute atomic E-state index is 0.257. The van der Waals surface area contributed by atoms with Crippen molar-refractivity contribution in [2.45, 2.75) is 24.3 Å². The summed E-state index contributed by atoms with van der Waals surface area (Å²) in [7, 11) is -4.17. The van der Waals surface area contributed by atoms with Crippen LogP contribution < -0.4 is 4.72 Å². The molecule has 0 radical (unpaired) electrons. The molecule has 4 nitrogen and oxygen atoms in total. The second kappa shape index (κ2) is 5.92. The summed E-state index contributed by atoms with van der Waals surface area (Å²) < 4.78 is 51.6. The number of aliphatic hydroxyl groups excluding tert-OH is 1. The summed E-state index contributed by atoms with van der Waals surface area (Å²) in [5.41, 5.74) is 0. The zero-order valence-electron chi connectivity index (χ0n) is 9.45. The highest BCUT2D eigenvalue weighted by atomic mass is 35.5. The van der Waals surface area contributed by atoms with Crippen molar-refractivity contribution in [2.75, 3.05) is 6.54 Å². The van der Waals surface area contributed by atoms with Crippen LogP contribution in [0.2, 0.25) is 5.02 Å². The van der Waals surface area contributed by atoms with Crippen LogP contribution in [0, 0.1) is 11.6 Å². The van der Waals surface area contributed by atoms with Crippen molar-refractivity contribution >= 4 is 21.6 Å². The Hall–Kier alpha value is -0.760. The molecule has 0 saturated carbocycles. The molecule has 0 amide bonds. The first-order valence-corrected chi connectivity index (χ1v) is 6.96. The molecule has 8 heteroatoms. The van der Waals surface area contributed by atoms with Gasteiger partial charge < -0.3 is 5.11 Å². The highest BCUT2D eigenvalue weighted by Crippen LogP contribution is 2.22. The number of benzene rings is 1. The fourth-order valence-electron chi connectivity index (χ4n) is 1.14. The van der Waals surface area contributed by atoms with Gasteiger partial charge in [0.05, 0.1) is 11.1 Å². The third-order valence-corrected chi connectivity index (χ3v) is 3.97. The maximum atomic E-state index is 13.4. The standard InChI is InChI=1S/C10H12ClF2NO3S/c1-2-6(15)5-14-18(16,17)10-3-7(11)8(12)4-9(10)13/h3-4,6,14-15H,2,5H2,1H3. The molecular weight excluding hydrogens is 288 g/mol. The van der Waals surface area contributed by atoms with Gasteiger partial charge in [0.2, 0.25) is 10.0 Å². The number of hydrogen-bond acceptors (Lipinski definition) is 3. The van der Waals surface area contributed by atoms with Gasteiger partial charge in [0.15, 0.2) is 0 Å². The molecule has 0 fully saturated rings. The van der Waals surface area contributed by atoms with Gasteiger partial charge in [-0.05, 0) is 12.5 Å². The van der Waals surface area contributed by atoms with Crippen LogP contribution in [0.5, 0.6) is 0 Å². The molecule has 18 heavy (non-hydrogen) atoms. The highest BCUT2D eigenvalue weighted by molar-refractivity contribution is 7.89. The topological polar surface area (TPSA) is 66.4 Å². The van der Waals surface area contributed by atoms with Crippen LogP contribution in [-0.2, 0) is 10.0 Å². The number of rotatable bonds is 5. The van der Waals surface area contributed by atoms with Gasteiger partial charge in [-0.2, -0.15) is 0 Å². The molecular formula is C10H12ClF2NO3S. The van der Waals surface area contributed by atoms with E-state index in [1.165, 1.54) is 0 Å². The monoisotopic (exact) mass is 299 g/mol. The summed E-state index contributed by atoms with van der Waals surface area (Å²) in [4.78, 5) is -0.753. The molecule has 0 aliphatic rings. The van der Waals surface area contributed by atoms with E-state index in [-0.39, 0.29) is 6.54 Å². The van der Waals surface area contributed by atoms with Crippen molar-refractivity contribution in [1.29, 1.82) is 0 Å². The van der Waals surface area contributed by atoms with E-state index in [1.54, 1.807) is 6.92 Å². The van der Waals surface area contributed by atoms with Crippen molar-refractivity contribution < 1.29 is 22.3 Å². The number of aliphatic hydroxyl groups is 1. The summed E-state index contributed by atoms with van der Waals surface area (Å²) in [6.07, 6.45) is -0.534. The van der Waals surface area contributed by atoms with Gasteiger partial charge in [-0.25, -0.2) is 21.9 Å². The van der Waals surface area contributed by atoms with Crippen LogP contribution >= 0.6 is 11.6 Å². The molecule has 0 bridgehead atoms. The lowest BCUT2D eigenvalue weighted by Gasteiger charge is -2.11. The third kappa shape index (κ3) is 3.61. The average molecular weight is 300 g/mol. The number of sulfonamides is 1. The summed E-state index contributed by atoms with van der Waals surface area (Å²) >= 11 is 5.40. The van der Waals surface area contributed by atoms with Crippen LogP contribution in [0.25, 0.3) is 0 Å². The highest BCUT2D eigenvalue weighted by Gasteiger charge is 2.21. The lowest BCUT2D eigenvalue weighted by atomic mass is 10.3. The van der Waals surface area contributed by atoms with E-state index >= 15 is 0 Å². The van der Waals surface area contributed by atoms with Gasteiger partial charge in [-0.15, -0.1) is 0 Å². The Labute approximate surface area is 109 Å². The van der Waals surface area contributed by atoms with E-state index < -0.39 is 37.7 Å². The van der Waals surface area contributed by atoms with E-state index in [0.29, 0.717) is 18.6 Å². The molecule has 0 aromatic heterocycles. The predicted molar refractivity (Wildman–Crippen MR) is 62.9 cm³/mol. The molecule has 0 heterocycles. The zero-order valence-corrected chi connectivity index (χ0v) is 11.0. The van der Waals surface area contributed by atoms with E-state index in [4.69, 9.17) is 11.6 Å². The first-order chi connectivity index (χ1) is 8.27. The van der Waals surface area contributed by atoms with E-state index in [2.05, 4.69) is 0 Å². The molecule has 0 spiro atoms. The van der Waals surface area contributed by atoms with Gasteiger partial charge in [-0.1, -0.05) is 18.5 Å². The van der Waals surface area contributed by atoms with Crippen LogP contribution in [0.15, 0.2) is 17.0 Å². The van der Waals surface area contributed by atoms with Crippen molar-refractivity contribution in [3.63, 3.8) is 0 Å². The fraction of sp³-hybridized carbons (Fsp3) is 0.400. The average Bonchev–Trinajstić information content (AvgIpc) is 2.30. The second-order valence-corrected chi connectivity index (χ2v) is 5.75. The van der Waals surface area contributed by atoms with E-state index in [1.807, 2.05) is 4.72 Å². The first-order valence-electron chi connectivity index (χ1n) is 5.10. The Morgan fingerprint density at radius 2 is 2.00 bits per heavy atom. The molecule has 1 atom stereocenters. The summed E-state index contributed by atoms with van der Waals surface area (Å²) in [5, 5.41) is 8.74. The molecule has 1 rings (SSSR count). The largest absolute Gasteiger partial charge is 0.392 e. The number of nitrogens with one attached hydrogen (secondary N) is 1. The minimum atomic E-state index is -4.17. The number of halogens is 3. The van der Waals surface area contributed by atoms with Crippen LogP contribution in [0.3, 0.4) is 0 Å². The molecule has 102 valence electrons. The predicted octanol–water partition coefficient (Wildman–Crippen LogP) is 1.67. The van der Waals surface area contributed by atoms with Gasteiger partial charge in [-0.3, -0.25) is 0 Å². The molecule has 0 aliphatic heterocycles. The van der Waals surface area contributed by atoms with Crippen molar-refractivity contribution in [1.82, 2.24) is 4.72 Å². The molecule has 0 saturated heterocycles. The van der Waals surface area contributed by atoms with Crippen molar-refractivity contribution in [2.24, 2.45) is 0 Å². The smallest absolute Gasteiger partial charge is 0.243 e. The molecule has 1 unspecified atom stereocenters. The Balaban J connectivity index is 3.02. The van der Waals surface area contributed by atoms with Gasteiger partial charge in [0, 0.05) is 12.6 Å². The second-order valence-electron chi connectivity index (χ2n) is 3.61. The van der Waals surface area contributed by atoms with Gasteiger partial charge >= 0.3 is 0 Å². The maximum absolute atomic E-state index is 13.4. The SMILES string of the molecule is CCC(O)CNS(=O)(=O)c1cc(Cl)c(F)cc1F. The number of hydrogen-bond donors (Lipinski definition) is 2. The molecule has 2 N–H and O–H groups in total. The normalized spacial score (nSPS) is 13.6. The maximum Gasteiger partial charge on any atom is 0.243 e.